The Labute approximate surface area is 199 Å². The average Bonchev–Trinajstić information content (AvgIpc) is 3.06. The average molecular weight is 567 g/mol. The number of H-pyrrole nitrogens is 1. The predicted octanol–water partition coefficient (Wildman–Crippen LogP) is -5.40. The van der Waals surface area contributed by atoms with Gasteiger partial charge in [0.1, 0.15) is 48.9 Å². The molecule has 3 heterocycles. The zero-order chi connectivity index (χ0) is 27.0. The SMILES string of the molecule is O=c1cnn([C@H]2O[C@@H](COP(=O)(O)OP(=O)(O)O[C@H]3O[C@@H](CO)[C@@H](O)[C@@H](O)[C@H]3O)[C@@H](O)[C@@H]2O)c(=O)[nH]1. The predicted molar refractivity (Wildman–Crippen MR) is 107 cm³/mol. The number of aliphatic hydroxyl groups excluding tert-OH is 6. The lowest BCUT2D eigenvalue weighted by Crippen LogP contribution is -2.58. The van der Waals surface area contributed by atoms with E-state index >= 15 is 0 Å². The van der Waals surface area contributed by atoms with E-state index in [9.17, 15) is 54.0 Å². The van der Waals surface area contributed by atoms with E-state index in [1.54, 1.807) is 0 Å². The molecule has 22 heteroatoms. The Morgan fingerprint density at radius 2 is 1.58 bits per heavy atom. The van der Waals surface area contributed by atoms with Crippen molar-refractivity contribution in [2.24, 2.45) is 0 Å². The topological polar surface area (TPSA) is 310 Å². The van der Waals surface area contributed by atoms with Gasteiger partial charge in [-0.25, -0.2) is 13.9 Å². The summed E-state index contributed by atoms with van der Waals surface area (Å²) >= 11 is 0. The summed E-state index contributed by atoms with van der Waals surface area (Å²) in [6.07, 6.45) is -15.9. The molecule has 2 saturated heterocycles. The van der Waals surface area contributed by atoms with Crippen molar-refractivity contribution in [1.29, 1.82) is 0 Å². The van der Waals surface area contributed by atoms with E-state index in [0.717, 1.165) is 0 Å². The molecule has 20 nitrogen and oxygen atoms in total. The highest BCUT2D eigenvalue weighted by Gasteiger charge is 2.49. The number of phosphoric ester groups is 2. The van der Waals surface area contributed by atoms with Crippen LogP contribution in [0.25, 0.3) is 0 Å². The largest absolute Gasteiger partial charge is 0.483 e. The Bertz CT molecular complexity index is 1130. The van der Waals surface area contributed by atoms with Crippen LogP contribution in [0.3, 0.4) is 0 Å². The van der Waals surface area contributed by atoms with E-state index < -0.39 is 95.4 Å². The van der Waals surface area contributed by atoms with Crippen LogP contribution in [0.2, 0.25) is 0 Å². The maximum absolute atomic E-state index is 12.1. The molecule has 0 aromatic carbocycles. The van der Waals surface area contributed by atoms with Crippen LogP contribution in [0.15, 0.2) is 15.8 Å². The summed E-state index contributed by atoms with van der Waals surface area (Å²) in [5.41, 5.74) is -1.97. The van der Waals surface area contributed by atoms with Crippen LogP contribution in [0.5, 0.6) is 0 Å². The molecule has 2 unspecified atom stereocenters. The van der Waals surface area contributed by atoms with Crippen LogP contribution in [0.1, 0.15) is 6.23 Å². The number of hydrogen-bond donors (Lipinski definition) is 9. The van der Waals surface area contributed by atoms with E-state index in [1.807, 2.05) is 4.98 Å². The molecule has 9 N–H and O–H groups in total. The van der Waals surface area contributed by atoms with Crippen molar-refractivity contribution in [2.75, 3.05) is 13.2 Å². The van der Waals surface area contributed by atoms with Gasteiger partial charge in [-0.05, 0) is 0 Å². The Hall–Kier alpha value is -1.45. The lowest BCUT2D eigenvalue weighted by atomic mass is 10.00. The van der Waals surface area contributed by atoms with Crippen LogP contribution in [-0.2, 0) is 32.0 Å². The second-order valence-corrected chi connectivity index (χ2v) is 10.5. The van der Waals surface area contributed by atoms with Crippen molar-refractivity contribution in [3.63, 3.8) is 0 Å². The second-order valence-electron chi connectivity index (χ2n) is 7.55. The number of hydrogen-bond acceptors (Lipinski definition) is 16. The Morgan fingerprint density at radius 3 is 2.19 bits per heavy atom. The van der Waals surface area contributed by atoms with Gasteiger partial charge < -0.3 is 49.9 Å². The summed E-state index contributed by atoms with van der Waals surface area (Å²) in [5.74, 6) is 0. The molecule has 2 aliphatic heterocycles. The van der Waals surface area contributed by atoms with Crippen LogP contribution >= 0.6 is 15.6 Å². The fraction of sp³-hybridized carbons (Fsp3) is 0.786. The van der Waals surface area contributed by atoms with Gasteiger partial charge in [0.25, 0.3) is 5.56 Å². The highest BCUT2D eigenvalue weighted by molar-refractivity contribution is 7.61. The number of ether oxygens (including phenoxy) is 2. The summed E-state index contributed by atoms with van der Waals surface area (Å²) in [6, 6.07) is 0. The molecule has 0 radical (unpaired) electrons. The molecule has 206 valence electrons. The third-order valence-electron chi connectivity index (χ3n) is 5.01. The second kappa shape index (κ2) is 11.1. The zero-order valence-corrected chi connectivity index (χ0v) is 19.5. The van der Waals surface area contributed by atoms with Crippen molar-refractivity contribution in [3.8, 4) is 0 Å². The van der Waals surface area contributed by atoms with Gasteiger partial charge in [0.2, 0.25) is 0 Å². The van der Waals surface area contributed by atoms with Crippen molar-refractivity contribution in [3.05, 3.63) is 27.0 Å². The summed E-state index contributed by atoms with van der Waals surface area (Å²) in [6.45, 7) is -1.96. The maximum Gasteiger partial charge on any atom is 0.483 e. The molecule has 0 aliphatic carbocycles. The molecule has 0 spiro atoms. The quantitative estimate of drug-likeness (QED) is 0.126. The van der Waals surface area contributed by atoms with Gasteiger partial charge in [0.15, 0.2) is 12.5 Å². The molecule has 1 aromatic heterocycles. The first kappa shape index (κ1) is 29.1. The van der Waals surface area contributed by atoms with Crippen LogP contribution < -0.4 is 11.2 Å². The van der Waals surface area contributed by atoms with Gasteiger partial charge in [-0.3, -0.25) is 18.8 Å². The summed E-state index contributed by atoms with van der Waals surface area (Å²) in [5, 5.41) is 61.9. The van der Waals surface area contributed by atoms with Gasteiger partial charge in [0, 0.05) is 0 Å². The summed E-state index contributed by atoms with van der Waals surface area (Å²) < 4.78 is 47.7. The van der Waals surface area contributed by atoms with E-state index in [1.165, 1.54) is 0 Å². The molecule has 0 amide bonds. The van der Waals surface area contributed by atoms with Crippen molar-refractivity contribution in [1.82, 2.24) is 14.8 Å². The fourth-order valence-electron chi connectivity index (χ4n) is 3.24. The first-order chi connectivity index (χ1) is 16.7. The van der Waals surface area contributed by atoms with Crippen molar-refractivity contribution < 1.29 is 72.4 Å². The lowest BCUT2D eigenvalue weighted by Gasteiger charge is -2.39. The van der Waals surface area contributed by atoms with Crippen LogP contribution in [0, 0.1) is 0 Å². The standard InChI is InChI=1S/C14H23N3O17P2/c18-2-4-7(20)9(22)11(24)13(32-4)33-36(28,29)34-35(26,27)30-3-5-8(21)10(23)12(31-5)17-14(25)16-6(19)1-15-17/h1,4-5,7-13,18,20-24H,2-3H2,(H,26,27)(H,28,29)(H,16,19,25)/t4-,5-,7+,8+,9+,10-,11+,12-,13+/m0/s1. The van der Waals surface area contributed by atoms with Gasteiger partial charge in [-0.15, -0.1) is 0 Å². The van der Waals surface area contributed by atoms with E-state index in [2.05, 4.69) is 18.5 Å². The van der Waals surface area contributed by atoms with Crippen molar-refractivity contribution >= 4 is 15.6 Å². The number of aromatic nitrogens is 3. The number of rotatable bonds is 9. The molecule has 36 heavy (non-hydrogen) atoms. The monoisotopic (exact) mass is 567 g/mol. The Balaban J connectivity index is 1.61. The highest BCUT2D eigenvalue weighted by atomic mass is 31.3. The molecule has 0 saturated carbocycles. The third kappa shape index (κ3) is 6.51. The molecule has 1 aromatic rings. The fourth-order valence-corrected chi connectivity index (χ4v) is 5.40. The number of aliphatic hydroxyl groups is 6. The first-order valence-corrected chi connectivity index (χ1v) is 12.8. The Kier molecular flexibility index (Phi) is 8.99. The number of nitrogens with zero attached hydrogens (tertiary/aromatic N) is 2. The minimum atomic E-state index is -5.60. The van der Waals surface area contributed by atoms with E-state index in [-0.39, 0.29) is 0 Å². The molecule has 0 bridgehead atoms. The highest BCUT2D eigenvalue weighted by Crippen LogP contribution is 2.61. The molecule has 2 fully saturated rings. The van der Waals surface area contributed by atoms with Crippen LogP contribution in [0.4, 0.5) is 0 Å². The lowest BCUT2D eigenvalue weighted by molar-refractivity contribution is -0.280. The minimum Gasteiger partial charge on any atom is -0.394 e. The molecular weight excluding hydrogens is 544 g/mol. The summed E-state index contributed by atoms with van der Waals surface area (Å²) in [4.78, 5) is 44.3. The number of aromatic amines is 1. The molecule has 11 atom stereocenters. The van der Waals surface area contributed by atoms with Gasteiger partial charge >= 0.3 is 21.3 Å². The van der Waals surface area contributed by atoms with Gasteiger partial charge in [-0.1, -0.05) is 0 Å². The number of phosphoric acid groups is 2. The molecule has 3 rings (SSSR count). The zero-order valence-electron chi connectivity index (χ0n) is 17.7. The van der Waals surface area contributed by atoms with Gasteiger partial charge in [-0.2, -0.15) is 14.1 Å². The van der Waals surface area contributed by atoms with Crippen molar-refractivity contribution in [2.45, 2.75) is 55.2 Å². The normalized spacial score (nSPS) is 38.4. The smallest absolute Gasteiger partial charge is 0.394 e. The van der Waals surface area contributed by atoms with Crippen LogP contribution in [-0.4, -0.2) is 117 Å². The number of nitrogens with one attached hydrogen (secondary N) is 1. The summed E-state index contributed by atoms with van der Waals surface area (Å²) in [7, 11) is -11.1. The van der Waals surface area contributed by atoms with E-state index in [0.29, 0.717) is 10.9 Å². The molecular formula is C14H23N3O17P2. The Morgan fingerprint density at radius 1 is 0.944 bits per heavy atom. The van der Waals surface area contributed by atoms with Gasteiger partial charge in [0.05, 0.1) is 13.2 Å². The first-order valence-electron chi connectivity index (χ1n) is 9.86. The van der Waals surface area contributed by atoms with E-state index in [4.69, 9.17) is 14.6 Å². The molecule has 2 aliphatic rings. The third-order valence-corrected chi connectivity index (χ3v) is 7.61. The minimum absolute atomic E-state index is 0.473. The maximum atomic E-state index is 12.1.